The summed E-state index contributed by atoms with van der Waals surface area (Å²) in [4.78, 5) is 37.2. The highest BCUT2D eigenvalue weighted by Gasteiger charge is 2.38. The van der Waals surface area contributed by atoms with Crippen molar-refractivity contribution in [1.29, 1.82) is 0 Å². The van der Waals surface area contributed by atoms with Crippen LogP contribution in [0.1, 0.15) is 31.2 Å². The Kier molecular flexibility index (Phi) is 11.3. The van der Waals surface area contributed by atoms with Crippen molar-refractivity contribution in [2.24, 2.45) is 0 Å². The number of carboxylic acid groups (broad SMARTS) is 1. The first-order valence-electron chi connectivity index (χ1n) is 12.0. The number of piperazine rings is 1. The van der Waals surface area contributed by atoms with Crippen LogP contribution in [0.3, 0.4) is 0 Å². The molecule has 0 atom stereocenters. The number of aryl methyl sites for hydroxylation is 1. The van der Waals surface area contributed by atoms with E-state index in [-0.39, 0.29) is 36.2 Å². The Morgan fingerprint density at radius 3 is 2.27 bits per heavy atom. The highest BCUT2D eigenvalue weighted by atomic mass is 32.2. The number of carboxylic acids is 1. The molecule has 0 spiro atoms. The van der Waals surface area contributed by atoms with Crippen molar-refractivity contribution < 1.29 is 41.1 Å². The minimum Gasteiger partial charge on any atom is -0.475 e. The quantitative estimate of drug-likeness (QED) is 0.477. The molecule has 208 valence electrons. The summed E-state index contributed by atoms with van der Waals surface area (Å²) in [5.74, 6) is -2.64. The third-order valence-electron chi connectivity index (χ3n) is 6.01. The Bertz CT molecular complexity index is 1050. The number of nitrogens with one attached hydrogen (secondary N) is 1. The highest BCUT2D eigenvalue weighted by molar-refractivity contribution is 7.89. The molecule has 1 aromatic rings. The number of halogens is 3. The van der Waals surface area contributed by atoms with Crippen LogP contribution in [0, 0.1) is 6.92 Å². The van der Waals surface area contributed by atoms with E-state index in [0.717, 1.165) is 26.1 Å². The minimum atomic E-state index is -5.08. The first kappa shape index (κ1) is 30.5. The number of carbonyl (C=O) groups excluding carboxylic acids is 2. The van der Waals surface area contributed by atoms with E-state index in [0.29, 0.717) is 38.0 Å². The third kappa shape index (κ3) is 9.27. The van der Waals surface area contributed by atoms with Gasteiger partial charge in [-0.25, -0.2) is 13.2 Å². The first-order valence-corrected chi connectivity index (χ1v) is 13.4. The topological polar surface area (TPSA) is 127 Å². The Morgan fingerprint density at radius 1 is 1.11 bits per heavy atom. The van der Waals surface area contributed by atoms with Crippen LogP contribution in [-0.4, -0.2) is 104 Å². The van der Waals surface area contributed by atoms with E-state index in [1.165, 1.54) is 4.31 Å². The SMILES string of the molecule is Cc1ccccc1S(=O)(=O)N(CCCN1CCCC1=O)CCC(=O)N1CCNCC1.O=C(O)C(F)(F)F. The van der Waals surface area contributed by atoms with Gasteiger partial charge in [0.05, 0.1) is 4.90 Å². The van der Waals surface area contributed by atoms with Gasteiger partial charge in [0.1, 0.15) is 0 Å². The van der Waals surface area contributed by atoms with Crippen LogP contribution in [0.2, 0.25) is 0 Å². The van der Waals surface area contributed by atoms with Crippen molar-refractivity contribution >= 4 is 27.8 Å². The number of aliphatic carboxylic acids is 1. The maximum Gasteiger partial charge on any atom is 0.490 e. The average molecular weight is 551 g/mol. The molecule has 2 heterocycles. The Morgan fingerprint density at radius 2 is 1.73 bits per heavy atom. The van der Waals surface area contributed by atoms with Crippen LogP contribution in [0.15, 0.2) is 29.2 Å². The number of hydrogen-bond acceptors (Lipinski definition) is 6. The standard InChI is InChI=1S/C21H32N4O4S.C2HF3O2/c1-18-6-2-3-7-19(18)30(28,29)25(14-5-13-23-12-4-8-20(23)26)15-9-21(27)24-16-10-22-11-17-24;3-2(4,5)1(6)7/h2-3,6-7,22H,4-5,8-17H2,1H3;(H,6,7). The molecule has 37 heavy (non-hydrogen) atoms. The monoisotopic (exact) mass is 550 g/mol. The second-order valence-corrected chi connectivity index (χ2v) is 10.6. The third-order valence-corrected chi connectivity index (χ3v) is 8.06. The molecule has 10 nitrogen and oxygen atoms in total. The average Bonchev–Trinajstić information content (AvgIpc) is 3.25. The Labute approximate surface area is 214 Å². The van der Waals surface area contributed by atoms with Gasteiger partial charge in [0.25, 0.3) is 0 Å². The van der Waals surface area contributed by atoms with Gasteiger partial charge >= 0.3 is 12.1 Å². The predicted molar refractivity (Wildman–Crippen MR) is 128 cm³/mol. The first-order chi connectivity index (χ1) is 17.3. The summed E-state index contributed by atoms with van der Waals surface area (Å²) in [6, 6.07) is 6.91. The number of carbonyl (C=O) groups is 3. The minimum absolute atomic E-state index is 0.0174. The van der Waals surface area contributed by atoms with Gasteiger partial charge < -0.3 is 20.2 Å². The number of sulfonamides is 1. The lowest BCUT2D eigenvalue weighted by atomic mass is 10.2. The van der Waals surface area contributed by atoms with Crippen molar-refractivity contribution in [1.82, 2.24) is 19.4 Å². The molecule has 2 amide bonds. The number of alkyl halides is 3. The number of benzene rings is 1. The van der Waals surface area contributed by atoms with Gasteiger partial charge in [-0.3, -0.25) is 9.59 Å². The van der Waals surface area contributed by atoms with E-state index in [2.05, 4.69) is 5.32 Å². The number of hydrogen-bond donors (Lipinski definition) is 2. The second kappa shape index (κ2) is 13.7. The number of amides is 2. The molecule has 3 rings (SSSR count). The molecule has 2 aliphatic heterocycles. The largest absolute Gasteiger partial charge is 0.490 e. The summed E-state index contributed by atoms with van der Waals surface area (Å²) < 4.78 is 59.8. The van der Waals surface area contributed by atoms with E-state index >= 15 is 0 Å². The van der Waals surface area contributed by atoms with Crippen LogP contribution in [-0.2, 0) is 24.4 Å². The van der Waals surface area contributed by atoms with Crippen LogP contribution >= 0.6 is 0 Å². The zero-order chi connectivity index (χ0) is 27.6. The molecule has 0 radical (unpaired) electrons. The Hall–Kier alpha value is -2.71. The molecule has 14 heteroatoms. The van der Waals surface area contributed by atoms with E-state index < -0.39 is 22.2 Å². The molecular weight excluding hydrogens is 517 g/mol. The lowest BCUT2D eigenvalue weighted by Gasteiger charge is -2.29. The normalized spacial score (nSPS) is 16.5. The maximum atomic E-state index is 13.3. The molecule has 2 N–H and O–H groups in total. The van der Waals surface area contributed by atoms with Crippen LogP contribution < -0.4 is 5.32 Å². The highest BCUT2D eigenvalue weighted by Crippen LogP contribution is 2.21. The van der Waals surface area contributed by atoms with E-state index in [4.69, 9.17) is 9.90 Å². The van der Waals surface area contributed by atoms with Gasteiger partial charge in [0.2, 0.25) is 21.8 Å². The smallest absolute Gasteiger partial charge is 0.475 e. The summed E-state index contributed by atoms with van der Waals surface area (Å²) in [6.07, 6.45) is -2.93. The van der Waals surface area contributed by atoms with Gasteiger partial charge in [-0.05, 0) is 31.4 Å². The Balaban J connectivity index is 0.000000604. The van der Waals surface area contributed by atoms with Crippen LogP contribution in [0.25, 0.3) is 0 Å². The number of rotatable bonds is 9. The summed E-state index contributed by atoms with van der Waals surface area (Å²) >= 11 is 0. The van der Waals surface area contributed by atoms with E-state index in [9.17, 15) is 31.2 Å². The summed E-state index contributed by atoms with van der Waals surface area (Å²) in [5, 5.41) is 10.3. The number of likely N-dealkylation sites (tertiary alicyclic amines) is 1. The molecule has 0 unspecified atom stereocenters. The zero-order valence-corrected chi connectivity index (χ0v) is 21.5. The molecule has 0 saturated carbocycles. The zero-order valence-electron chi connectivity index (χ0n) is 20.7. The van der Waals surface area contributed by atoms with Gasteiger partial charge in [-0.15, -0.1) is 0 Å². The van der Waals surface area contributed by atoms with Crippen molar-refractivity contribution in [2.45, 2.75) is 43.7 Å². The maximum absolute atomic E-state index is 13.3. The van der Waals surface area contributed by atoms with E-state index in [1.54, 1.807) is 34.9 Å². The molecular formula is C23H33F3N4O6S. The molecule has 0 aromatic heterocycles. The lowest BCUT2D eigenvalue weighted by molar-refractivity contribution is -0.192. The van der Waals surface area contributed by atoms with Crippen molar-refractivity contribution in [3.8, 4) is 0 Å². The molecule has 1 aromatic carbocycles. The fourth-order valence-corrected chi connectivity index (χ4v) is 5.71. The fourth-order valence-electron chi connectivity index (χ4n) is 4.01. The van der Waals surface area contributed by atoms with E-state index in [1.807, 2.05) is 6.07 Å². The molecule has 2 saturated heterocycles. The van der Waals surface area contributed by atoms with Gasteiger partial charge in [-0.2, -0.15) is 17.5 Å². The van der Waals surface area contributed by atoms with Gasteiger partial charge in [-0.1, -0.05) is 18.2 Å². The fraction of sp³-hybridized carbons (Fsp3) is 0.609. The molecule has 2 fully saturated rings. The molecule has 2 aliphatic rings. The number of nitrogens with zero attached hydrogens (tertiary/aromatic N) is 3. The second-order valence-electron chi connectivity index (χ2n) is 8.69. The molecule has 0 aliphatic carbocycles. The summed E-state index contributed by atoms with van der Waals surface area (Å²) in [5.41, 5.74) is 0.686. The van der Waals surface area contributed by atoms with Gasteiger partial charge in [0, 0.05) is 65.2 Å². The van der Waals surface area contributed by atoms with Gasteiger partial charge in [0.15, 0.2) is 0 Å². The van der Waals surface area contributed by atoms with Crippen LogP contribution in [0.4, 0.5) is 13.2 Å². The lowest BCUT2D eigenvalue weighted by Crippen LogP contribution is -2.47. The molecule has 0 bridgehead atoms. The summed E-state index contributed by atoms with van der Waals surface area (Å²) in [7, 11) is -3.72. The van der Waals surface area contributed by atoms with Crippen molar-refractivity contribution in [2.75, 3.05) is 52.4 Å². The predicted octanol–water partition coefficient (Wildman–Crippen LogP) is 1.45. The van der Waals surface area contributed by atoms with Crippen molar-refractivity contribution in [3.05, 3.63) is 29.8 Å². The summed E-state index contributed by atoms with van der Waals surface area (Å²) in [6.45, 7) is 6.33. The van der Waals surface area contributed by atoms with Crippen LogP contribution in [0.5, 0.6) is 0 Å². The van der Waals surface area contributed by atoms with Crippen molar-refractivity contribution in [3.63, 3.8) is 0 Å².